The number of nitrogens with one attached hydrogen (secondary N) is 1. The van der Waals surface area contributed by atoms with Crippen LogP contribution in [0.3, 0.4) is 0 Å². The fourth-order valence-electron chi connectivity index (χ4n) is 1.47. The molecule has 88 valence electrons. The third-order valence-electron chi connectivity index (χ3n) is 2.36. The number of aryl methyl sites for hydroxylation is 1. The monoisotopic (exact) mass is 252 g/mol. The Morgan fingerprint density at radius 2 is 2.18 bits per heavy atom. The summed E-state index contributed by atoms with van der Waals surface area (Å²) in [5.41, 5.74) is 0.569. The summed E-state index contributed by atoms with van der Waals surface area (Å²) in [4.78, 5) is 11.8. The molecule has 2 rings (SSSR count). The molecule has 0 bridgehead atoms. The van der Waals surface area contributed by atoms with E-state index in [-0.39, 0.29) is 11.6 Å². The van der Waals surface area contributed by atoms with Crippen molar-refractivity contribution < 1.29 is 9.18 Å². The van der Waals surface area contributed by atoms with E-state index >= 15 is 0 Å². The van der Waals surface area contributed by atoms with Crippen LogP contribution in [0.2, 0.25) is 5.02 Å². The normalized spacial score (nSPS) is 10.3. The van der Waals surface area contributed by atoms with E-state index in [2.05, 4.69) is 5.32 Å². The van der Waals surface area contributed by atoms with Crippen molar-refractivity contribution in [2.24, 2.45) is 7.05 Å². The van der Waals surface area contributed by atoms with Gasteiger partial charge in [-0.2, -0.15) is 0 Å². The van der Waals surface area contributed by atoms with Gasteiger partial charge in [0.1, 0.15) is 11.5 Å². The minimum atomic E-state index is -0.556. The Morgan fingerprint density at radius 1 is 1.41 bits per heavy atom. The molecule has 5 heteroatoms. The molecule has 1 heterocycles. The maximum atomic E-state index is 13.4. The second-order valence-electron chi connectivity index (χ2n) is 3.58. The van der Waals surface area contributed by atoms with E-state index in [0.717, 1.165) is 6.07 Å². The van der Waals surface area contributed by atoms with Crippen LogP contribution in [0.25, 0.3) is 0 Å². The van der Waals surface area contributed by atoms with Crippen molar-refractivity contribution in [2.75, 3.05) is 5.32 Å². The van der Waals surface area contributed by atoms with Crippen molar-refractivity contribution >= 4 is 23.2 Å². The Kier molecular flexibility index (Phi) is 3.15. The van der Waals surface area contributed by atoms with E-state index in [1.807, 2.05) is 0 Å². The molecule has 2 aromatic rings. The SMILES string of the molecule is Cn1cccc1C(=O)Nc1ccc(Cl)cc1F. The van der Waals surface area contributed by atoms with E-state index in [0.29, 0.717) is 10.7 Å². The predicted molar refractivity (Wildman–Crippen MR) is 64.8 cm³/mol. The molecular weight excluding hydrogens is 243 g/mol. The molecule has 0 atom stereocenters. The zero-order valence-electron chi connectivity index (χ0n) is 9.08. The minimum Gasteiger partial charge on any atom is -0.347 e. The Balaban J connectivity index is 2.22. The zero-order chi connectivity index (χ0) is 12.4. The fraction of sp³-hybridized carbons (Fsp3) is 0.0833. The molecule has 0 saturated carbocycles. The first-order valence-electron chi connectivity index (χ1n) is 4.95. The highest BCUT2D eigenvalue weighted by Crippen LogP contribution is 2.19. The largest absolute Gasteiger partial charge is 0.347 e. The van der Waals surface area contributed by atoms with Gasteiger partial charge in [-0.15, -0.1) is 0 Å². The number of halogens is 2. The van der Waals surface area contributed by atoms with Crippen LogP contribution < -0.4 is 5.32 Å². The summed E-state index contributed by atoms with van der Waals surface area (Å²) in [6, 6.07) is 7.50. The van der Waals surface area contributed by atoms with E-state index in [1.54, 1.807) is 29.9 Å². The summed E-state index contributed by atoms with van der Waals surface area (Å²) in [6.45, 7) is 0. The van der Waals surface area contributed by atoms with E-state index in [1.165, 1.54) is 12.1 Å². The van der Waals surface area contributed by atoms with Crippen molar-refractivity contribution in [3.8, 4) is 0 Å². The van der Waals surface area contributed by atoms with Crippen LogP contribution in [0.4, 0.5) is 10.1 Å². The Hall–Kier alpha value is -1.81. The van der Waals surface area contributed by atoms with Crippen molar-refractivity contribution in [1.29, 1.82) is 0 Å². The first-order chi connectivity index (χ1) is 8.08. The second-order valence-corrected chi connectivity index (χ2v) is 4.02. The fourth-order valence-corrected chi connectivity index (χ4v) is 1.63. The van der Waals surface area contributed by atoms with Crippen molar-refractivity contribution in [3.63, 3.8) is 0 Å². The lowest BCUT2D eigenvalue weighted by molar-refractivity contribution is 0.101. The average molecular weight is 253 g/mol. The first-order valence-corrected chi connectivity index (χ1v) is 5.33. The number of carbonyl (C=O) groups is 1. The van der Waals surface area contributed by atoms with E-state index in [4.69, 9.17) is 11.6 Å². The quantitative estimate of drug-likeness (QED) is 0.876. The van der Waals surface area contributed by atoms with E-state index < -0.39 is 5.82 Å². The first kappa shape index (κ1) is 11.7. The van der Waals surface area contributed by atoms with Crippen molar-refractivity contribution in [2.45, 2.75) is 0 Å². The van der Waals surface area contributed by atoms with Crippen LogP contribution in [0.1, 0.15) is 10.5 Å². The molecule has 0 unspecified atom stereocenters. The molecule has 0 aliphatic rings. The van der Waals surface area contributed by atoms with Crippen molar-refractivity contribution in [3.05, 3.63) is 53.1 Å². The van der Waals surface area contributed by atoms with E-state index in [9.17, 15) is 9.18 Å². The Labute approximate surface area is 103 Å². The average Bonchev–Trinajstić information content (AvgIpc) is 2.68. The number of nitrogens with zero attached hydrogens (tertiary/aromatic N) is 1. The highest BCUT2D eigenvalue weighted by molar-refractivity contribution is 6.30. The van der Waals surface area contributed by atoms with Gasteiger partial charge in [0.15, 0.2) is 0 Å². The van der Waals surface area contributed by atoms with Gasteiger partial charge in [-0.05, 0) is 30.3 Å². The summed E-state index contributed by atoms with van der Waals surface area (Å²) in [7, 11) is 1.74. The second kappa shape index (κ2) is 4.59. The third kappa shape index (κ3) is 2.47. The minimum absolute atomic E-state index is 0.112. The molecule has 17 heavy (non-hydrogen) atoms. The molecule has 0 aliphatic carbocycles. The summed E-state index contributed by atoms with van der Waals surface area (Å²) in [6.07, 6.45) is 1.74. The van der Waals surface area contributed by atoms with Crippen molar-refractivity contribution in [1.82, 2.24) is 4.57 Å². The molecular formula is C12H10ClFN2O. The van der Waals surface area contributed by atoms with Crippen LogP contribution in [0, 0.1) is 5.82 Å². The molecule has 3 nitrogen and oxygen atoms in total. The van der Waals surface area contributed by atoms with Gasteiger partial charge in [0.05, 0.1) is 5.69 Å². The Morgan fingerprint density at radius 3 is 2.76 bits per heavy atom. The van der Waals surface area contributed by atoms with Crippen LogP contribution in [-0.2, 0) is 7.05 Å². The predicted octanol–water partition coefficient (Wildman–Crippen LogP) is 3.07. The van der Waals surface area contributed by atoms with Gasteiger partial charge in [-0.1, -0.05) is 11.6 Å². The van der Waals surface area contributed by atoms with Gasteiger partial charge in [0.25, 0.3) is 5.91 Å². The number of amides is 1. The smallest absolute Gasteiger partial charge is 0.272 e. The maximum Gasteiger partial charge on any atom is 0.272 e. The van der Waals surface area contributed by atoms with Gasteiger partial charge < -0.3 is 9.88 Å². The van der Waals surface area contributed by atoms with Gasteiger partial charge >= 0.3 is 0 Å². The summed E-state index contributed by atoms with van der Waals surface area (Å²) < 4.78 is 15.1. The summed E-state index contributed by atoms with van der Waals surface area (Å²) >= 11 is 5.62. The molecule has 1 aromatic carbocycles. The van der Waals surface area contributed by atoms with Crippen LogP contribution in [0.15, 0.2) is 36.5 Å². The number of rotatable bonds is 2. The molecule has 0 spiro atoms. The van der Waals surface area contributed by atoms with Crippen LogP contribution in [-0.4, -0.2) is 10.5 Å². The number of aromatic nitrogens is 1. The number of benzene rings is 1. The lowest BCUT2D eigenvalue weighted by Gasteiger charge is -2.07. The molecule has 1 N–H and O–H groups in total. The van der Waals surface area contributed by atoms with Gasteiger partial charge in [-0.25, -0.2) is 4.39 Å². The van der Waals surface area contributed by atoms with Gasteiger partial charge in [0, 0.05) is 18.3 Å². The van der Waals surface area contributed by atoms with Gasteiger partial charge in [0.2, 0.25) is 0 Å². The summed E-state index contributed by atoms with van der Waals surface area (Å²) in [5.74, 6) is -0.918. The van der Waals surface area contributed by atoms with Gasteiger partial charge in [-0.3, -0.25) is 4.79 Å². The Bertz CT molecular complexity index is 565. The maximum absolute atomic E-state index is 13.4. The summed E-state index contributed by atoms with van der Waals surface area (Å²) in [5, 5.41) is 2.78. The zero-order valence-corrected chi connectivity index (χ0v) is 9.83. The molecule has 1 amide bonds. The lowest BCUT2D eigenvalue weighted by atomic mass is 10.3. The van der Waals surface area contributed by atoms with Crippen LogP contribution >= 0.6 is 11.6 Å². The standard InChI is InChI=1S/C12H10ClFN2O/c1-16-6-2-3-11(16)12(17)15-10-5-4-8(13)7-9(10)14/h2-7H,1H3,(H,15,17). The topological polar surface area (TPSA) is 34.0 Å². The molecule has 0 fully saturated rings. The number of anilines is 1. The molecule has 0 aliphatic heterocycles. The molecule has 0 saturated heterocycles. The lowest BCUT2D eigenvalue weighted by Crippen LogP contribution is -2.16. The number of carbonyl (C=O) groups excluding carboxylic acids is 1. The highest BCUT2D eigenvalue weighted by atomic mass is 35.5. The molecule has 0 radical (unpaired) electrons. The number of hydrogen-bond acceptors (Lipinski definition) is 1. The van der Waals surface area contributed by atoms with Crippen LogP contribution in [0.5, 0.6) is 0 Å². The number of hydrogen-bond donors (Lipinski definition) is 1. The third-order valence-corrected chi connectivity index (χ3v) is 2.59. The highest BCUT2D eigenvalue weighted by Gasteiger charge is 2.11. The molecule has 1 aromatic heterocycles.